The standard InChI is InChI=1S/C13H18N4O2S/c1-8(2)11-15-13(17-16-11)20-9(3)12(18)14-7-10-5-4-6-19-10/h4-6,8-9H,7H2,1-3H3,(H,14,18)(H,15,16,17). The van der Waals surface area contributed by atoms with Crippen LogP contribution in [0.25, 0.3) is 0 Å². The molecular formula is C13H18N4O2S. The van der Waals surface area contributed by atoms with Crippen LogP contribution in [0.15, 0.2) is 28.0 Å². The Hall–Kier alpha value is -1.76. The third-order valence-corrected chi connectivity index (χ3v) is 3.66. The van der Waals surface area contributed by atoms with Gasteiger partial charge in [0.05, 0.1) is 18.1 Å². The summed E-state index contributed by atoms with van der Waals surface area (Å²) in [6, 6.07) is 3.61. The minimum absolute atomic E-state index is 0.0673. The van der Waals surface area contributed by atoms with Crippen molar-refractivity contribution in [1.29, 1.82) is 0 Å². The summed E-state index contributed by atoms with van der Waals surface area (Å²) in [5.41, 5.74) is 0. The Morgan fingerprint density at radius 2 is 2.30 bits per heavy atom. The van der Waals surface area contributed by atoms with E-state index in [0.29, 0.717) is 17.6 Å². The lowest BCUT2D eigenvalue weighted by Crippen LogP contribution is -2.30. The van der Waals surface area contributed by atoms with Crippen LogP contribution in [0.1, 0.15) is 38.3 Å². The third-order valence-electron chi connectivity index (χ3n) is 2.70. The van der Waals surface area contributed by atoms with Gasteiger partial charge in [-0.15, -0.1) is 5.10 Å². The zero-order valence-electron chi connectivity index (χ0n) is 11.7. The van der Waals surface area contributed by atoms with E-state index in [1.807, 2.05) is 26.8 Å². The number of nitrogens with zero attached hydrogens (tertiary/aromatic N) is 2. The summed E-state index contributed by atoms with van der Waals surface area (Å²) in [7, 11) is 0. The first-order valence-electron chi connectivity index (χ1n) is 6.45. The molecule has 1 amide bonds. The van der Waals surface area contributed by atoms with Crippen LogP contribution in [0.2, 0.25) is 0 Å². The number of hydrogen-bond donors (Lipinski definition) is 2. The number of furan rings is 1. The molecule has 20 heavy (non-hydrogen) atoms. The van der Waals surface area contributed by atoms with Crippen molar-refractivity contribution in [2.24, 2.45) is 0 Å². The first-order chi connectivity index (χ1) is 9.56. The quantitative estimate of drug-likeness (QED) is 0.799. The first-order valence-corrected chi connectivity index (χ1v) is 7.33. The van der Waals surface area contributed by atoms with Crippen LogP contribution in [0, 0.1) is 0 Å². The van der Waals surface area contributed by atoms with Gasteiger partial charge in [0.15, 0.2) is 0 Å². The molecule has 2 aromatic rings. The Kier molecular flexibility index (Phi) is 4.84. The molecule has 2 rings (SSSR count). The van der Waals surface area contributed by atoms with E-state index in [1.54, 1.807) is 12.3 Å². The average molecular weight is 294 g/mol. The summed E-state index contributed by atoms with van der Waals surface area (Å²) in [4.78, 5) is 16.3. The predicted octanol–water partition coefficient (Wildman–Crippen LogP) is 2.32. The normalized spacial score (nSPS) is 12.6. The number of nitrogens with one attached hydrogen (secondary N) is 2. The molecule has 2 heterocycles. The summed E-state index contributed by atoms with van der Waals surface area (Å²) in [6.07, 6.45) is 1.58. The molecule has 0 aromatic carbocycles. The molecule has 0 fully saturated rings. The Balaban J connectivity index is 1.83. The monoisotopic (exact) mass is 294 g/mol. The molecule has 0 aliphatic heterocycles. The van der Waals surface area contributed by atoms with Gasteiger partial charge in [0, 0.05) is 5.92 Å². The second-order valence-corrected chi connectivity index (χ2v) is 6.02. The zero-order chi connectivity index (χ0) is 14.5. The van der Waals surface area contributed by atoms with E-state index >= 15 is 0 Å². The van der Waals surface area contributed by atoms with Crippen molar-refractivity contribution in [2.75, 3.05) is 0 Å². The van der Waals surface area contributed by atoms with Crippen molar-refractivity contribution in [3.05, 3.63) is 30.0 Å². The van der Waals surface area contributed by atoms with Gasteiger partial charge in [0.25, 0.3) is 0 Å². The maximum Gasteiger partial charge on any atom is 0.233 e. The molecule has 0 bridgehead atoms. The third kappa shape index (κ3) is 3.86. The number of rotatable bonds is 6. The van der Waals surface area contributed by atoms with Crippen molar-refractivity contribution < 1.29 is 9.21 Å². The molecule has 7 heteroatoms. The van der Waals surface area contributed by atoms with Crippen LogP contribution >= 0.6 is 11.8 Å². The van der Waals surface area contributed by atoms with Gasteiger partial charge in [0.1, 0.15) is 11.6 Å². The van der Waals surface area contributed by atoms with E-state index in [4.69, 9.17) is 4.42 Å². The number of amides is 1. The Bertz CT molecular complexity index is 550. The first kappa shape index (κ1) is 14.6. The molecule has 0 radical (unpaired) electrons. The summed E-state index contributed by atoms with van der Waals surface area (Å²) in [6.45, 7) is 6.29. The Morgan fingerprint density at radius 1 is 1.50 bits per heavy atom. The SMILES string of the molecule is CC(Sc1n[nH]c(C(C)C)n1)C(=O)NCc1ccco1. The predicted molar refractivity (Wildman–Crippen MR) is 76.3 cm³/mol. The minimum atomic E-state index is -0.263. The zero-order valence-corrected chi connectivity index (χ0v) is 12.5. The van der Waals surface area contributed by atoms with Gasteiger partial charge in [0.2, 0.25) is 11.1 Å². The van der Waals surface area contributed by atoms with Crippen LogP contribution in [-0.4, -0.2) is 26.3 Å². The van der Waals surface area contributed by atoms with Crippen LogP contribution in [0.4, 0.5) is 0 Å². The fourth-order valence-corrected chi connectivity index (χ4v) is 2.27. The molecule has 0 saturated heterocycles. The maximum absolute atomic E-state index is 11.9. The van der Waals surface area contributed by atoms with Gasteiger partial charge < -0.3 is 9.73 Å². The van der Waals surface area contributed by atoms with Crippen LogP contribution in [0.3, 0.4) is 0 Å². The number of carbonyl (C=O) groups excluding carboxylic acids is 1. The number of carbonyl (C=O) groups is 1. The van der Waals surface area contributed by atoms with E-state index in [9.17, 15) is 4.79 Å². The average Bonchev–Trinajstić information content (AvgIpc) is 3.06. The molecule has 0 spiro atoms. The second kappa shape index (κ2) is 6.60. The highest BCUT2D eigenvalue weighted by Crippen LogP contribution is 2.21. The van der Waals surface area contributed by atoms with Gasteiger partial charge >= 0.3 is 0 Å². The van der Waals surface area contributed by atoms with E-state index < -0.39 is 0 Å². The van der Waals surface area contributed by atoms with Gasteiger partial charge in [-0.25, -0.2) is 4.98 Å². The van der Waals surface area contributed by atoms with Crippen LogP contribution < -0.4 is 5.32 Å². The molecule has 2 aromatic heterocycles. The minimum Gasteiger partial charge on any atom is -0.467 e. The molecule has 108 valence electrons. The molecule has 2 N–H and O–H groups in total. The van der Waals surface area contributed by atoms with Crippen LogP contribution in [-0.2, 0) is 11.3 Å². The van der Waals surface area contributed by atoms with Crippen molar-refractivity contribution in [3.63, 3.8) is 0 Å². The lowest BCUT2D eigenvalue weighted by Gasteiger charge is -2.08. The molecule has 0 aliphatic carbocycles. The fourth-order valence-electron chi connectivity index (χ4n) is 1.51. The van der Waals surface area contributed by atoms with E-state index in [-0.39, 0.29) is 11.2 Å². The van der Waals surface area contributed by atoms with E-state index in [1.165, 1.54) is 11.8 Å². The summed E-state index contributed by atoms with van der Waals surface area (Å²) in [5.74, 6) is 1.79. The topological polar surface area (TPSA) is 83.8 Å². The number of aromatic amines is 1. The Morgan fingerprint density at radius 3 is 2.90 bits per heavy atom. The second-order valence-electron chi connectivity index (χ2n) is 4.72. The van der Waals surface area contributed by atoms with Gasteiger partial charge in [-0.05, 0) is 19.1 Å². The summed E-state index contributed by atoms with van der Waals surface area (Å²) < 4.78 is 5.16. The summed E-state index contributed by atoms with van der Waals surface area (Å²) >= 11 is 1.33. The van der Waals surface area contributed by atoms with E-state index in [0.717, 1.165) is 11.6 Å². The molecule has 0 aliphatic rings. The number of H-pyrrole nitrogens is 1. The van der Waals surface area contributed by atoms with Crippen molar-refractivity contribution in [2.45, 2.75) is 43.6 Å². The van der Waals surface area contributed by atoms with Crippen LogP contribution in [0.5, 0.6) is 0 Å². The van der Waals surface area contributed by atoms with Gasteiger partial charge in [-0.2, -0.15) is 0 Å². The lowest BCUT2D eigenvalue weighted by molar-refractivity contribution is -0.120. The highest BCUT2D eigenvalue weighted by atomic mass is 32.2. The van der Waals surface area contributed by atoms with E-state index in [2.05, 4.69) is 20.5 Å². The highest BCUT2D eigenvalue weighted by Gasteiger charge is 2.17. The molecule has 1 unspecified atom stereocenters. The van der Waals surface area contributed by atoms with Crippen molar-refractivity contribution >= 4 is 17.7 Å². The number of aromatic nitrogens is 3. The number of hydrogen-bond acceptors (Lipinski definition) is 5. The molecule has 1 atom stereocenters. The summed E-state index contributed by atoms with van der Waals surface area (Å²) in [5, 5.41) is 10.1. The highest BCUT2D eigenvalue weighted by molar-refractivity contribution is 8.00. The molecular weight excluding hydrogens is 276 g/mol. The Labute approximate surface area is 121 Å². The smallest absolute Gasteiger partial charge is 0.233 e. The lowest BCUT2D eigenvalue weighted by atomic mass is 10.2. The number of thioether (sulfide) groups is 1. The molecule has 6 nitrogen and oxygen atoms in total. The largest absolute Gasteiger partial charge is 0.467 e. The van der Waals surface area contributed by atoms with Crippen molar-refractivity contribution in [3.8, 4) is 0 Å². The van der Waals surface area contributed by atoms with Crippen molar-refractivity contribution in [1.82, 2.24) is 20.5 Å². The molecule has 0 saturated carbocycles. The van der Waals surface area contributed by atoms with Gasteiger partial charge in [-0.1, -0.05) is 25.6 Å². The fraction of sp³-hybridized carbons (Fsp3) is 0.462. The van der Waals surface area contributed by atoms with Gasteiger partial charge in [-0.3, -0.25) is 9.89 Å². The maximum atomic E-state index is 11.9.